The van der Waals surface area contributed by atoms with Gasteiger partial charge in [-0.25, -0.2) is 5.32 Å². The number of nitrogen functional groups attached to an aromatic ring is 1. The topological polar surface area (TPSA) is 40.1 Å². The molecule has 0 atom stereocenters. The third-order valence-electron chi connectivity index (χ3n) is 2.11. The molecule has 0 spiro atoms. The van der Waals surface area contributed by atoms with Crippen molar-refractivity contribution in [2.24, 2.45) is 0 Å². The van der Waals surface area contributed by atoms with Crippen LogP contribution < -0.4 is 11.1 Å². The lowest BCUT2D eigenvalue weighted by atomic mass is 9.99. The molecule has 2 nitrogen and oxygen atoms in total. The number of fused-ring (bicyclic) bond motifs is 1. The van der Waals surface area contributed by atoms with Gasteiger partial charge in [0.2, 0.25) is 0 Å². The highest BCUT2D eigenvalue weighted by atomic mass is 14.9. The average molecular weight is 147 g/mol. The number of nitrogens with zero attached hydrogens (tertiary/aromatic N) is 1. The summed E-state index contributed by atoms with van der Waals surface area (Å²) in [6.07, 6.45) is 1.02. The molecule has 0 aliphatic carbocycles. The summed E-state index contributed by atoms with van der Waals surface area (Å²) < 4.78 is 0. The van der Waals surface area contributed by atoms with E-state index in [4.69, 9.17) is 5.73 Å². The van der Waals surface area contributed by atoms with Crippen molar-refractivity contribution >= 4 is 5.69 Å². The highest BCUT2D eigenvalue weighted by molar-refractivity contribution is 5.51. The van der Waals surface area contributed by atoms with Crippen LogP contribution in [0.1, 0.15) is 11.1 Å². The van der Waals surface area contributed by atoms with Crippen LogP contribution in [0.4, 0.5) is 5.69 Å². The van der Waals surface area contributed by atoms with E-state index in [-0.39, 0.29) is 0 Å². The van der Waals surface area contributed by atoms with E-state index in [0.29, 0.717) is 0 Å². The Morgan fingerprint density at radius 1 is 1.36 bits per heavy atom. The van der Waals surface area contributed by atoms with Gasteiger partial charge < -0.3 is 5.73 Å². The summed E-state index contributed by atoms with van der Waals surface area (Å²) >= 11 is 0. The summed E-state index contributed by atoms with van der Waals surface area (Å²) in [5, 5.41) is 4.30. The third kappa shape index (κ3) is 1.10. The lowest BCUT2D eigenvalue weighted by Crippen LogP contribution is -2.18. The molecule has 0 saturated carbocycles. The fraction of sp³-hybridized carbons (Fsp3) is 0.333. The molecule has 0 saturated heterocycles. The zero-order valence-electron chi connectivity index (χ0n) is 6.38. The lowest BCUT2D eigenvalue weighted by molar-refractivity contribution is 0.631. The Morgan fingerprint density at radius 3 is 3.09 bits per heavy atom. The fourth-order valence-electron chi connectivity index (χ4n) is 1.50. The van der Waals surface area contributed by atoms with E-state index in [2.05, 4.69) is 11.4 Å². The van der Waals surface area contributed by atoms with Gasteiger partial charge in [0.15, 0.2) is 0 Å². The van der Waals surface area contributed by atoms with Crippen LogP contribution in [0.3, 0.4) is 0 Å². The molecule has 0 bridgehead atoms. The first-order valence-corrected chi connectivity index (χ1v) is 3.87. The molecule has 1 aliphatic rings. The molecule has 1 aliphatic heterocycles. The van der Waals surface area contributed by atoms with Gasteiger partial charge in [-0.2, -0.15) is 0 Å². The Morgan fingerprint density at radius 2 is 2.27 bits per heavy atom. The Bertz CT molecular complexity index is 268. The van der Waals surface area contributed by atoms with Gasteiger partial charge in [-0.3, -0.25) is 0 Å². The van der Waals surface area contributed by atoms with Crippen molar-refractivity contribution in [3.05, 3.63) is 29.3 Å². The minimum atomic E-state index is 0.848. The summed E-state index contributed by atoms with van der Waals surface area (Å²) in [4.78, 5) is 0. The molecule has 1 radical (unpaired) electrons. The highest BCUT2D eigenvalue weighted by Gasteiger charge is 2.10. The van der Waals surface area contributed by atoms with Crippen molar-refractivity contribution in [3.63, 3.8) is 0 Å². The SMILES string of the molecule is Nc1cccc2c1CC[N]C2. The quantitative estimate of drug-likeness (QED) is 0.545. The first-order chi connectivity index (χ1) is 5.38. The third-order valence-corrected chi connectivity index (χ3v) is 2.11. The second kappa shape index (κ2) is 2.55. The van der Waals surface area contributed by atoms with Gasteiger partial charge in [0.1, 0.15) is 0 Å². The predicted molar refractivity (Wildman–Crippen MR) is 45.3 cm³/mol. The molecule has 1 aromatic rings. The van der Waals surface area contributed by atoms with Crippen LogP contribution in [0.5, 0.6) is 0 Å². The normalized spacial score (nSPS) is 16.0. The van der Waals surface area contributed by atoms with Crippen LogP contribution in [-0.4, -0.2) is 6.54 Å². The van der Waals surface area contributed by atoms with E-state index in [1.54, 1.807) is 0 Å². The first-order valence-electron chi connectivity index (χ1n) is 3.87. The van der Waals surface area contributed by atoms with Gasteiger partial charge >= 0.3 is 0 Å². The van der Waals surface area contributed by atoms with Crippen molar-refractivity contribution in [3.8, 4) is 0 Å². The summed E-state index contributed by atoms with van der Waals surface area (Å²) in [5.41, 5.74) is 9.34. The molecule has 0 fully saturated rings. The van der Waals surface area contributed by atoms with Gasteiger partial charge in [0.05, 0.1) is 0 Å². The molecule has 0 amide bonds. The van der Waals surface area contributed by atoms with Crippen LogP contribution >= 0.6 is 0 Å². The molecule has 0 unspecified atom stereocenters. The Hall–Kier alpha value is -1.02. The molecule has 1 aromatic carbocycles. The number of rotatable bonds is 0. The summed E-state index contributed by atoms with van der Waals surface area (Å²) in [5.74, 6) is 0. The van der Waals surface area contributed by atoms with E-state index in [1.165, 1.54) is 11.1 Å². The summed E-state index contributed by atoms with van der Waals surface area (Å²) in [6, 6.07) is 6.06. The van der Waals surface area contributed by atoms with Gasteiger partial charge in [-0.05, 0) is 23.6 Å². The first kappa shape index (κ1) is 6.68. The average Bonchev–Trinajstić information content (AvgIpc) is 2.06. The van der Waals surface area contributed by atoms with Gasteiger partial charge in [-0.1, -0.05) is 12.1 Å². The number of benzene rings is 1. The lowest BCUT2D eigenvalue weighted by Gasteiger charge is -2.16. The number of anilines is 1. The number of hydrogen-bond donors (Lipinski definition) is 1. The summed E-state index contributed by atoms with van der Waals surface area (Å²) in [7, 11) is 0. The molecule has 2 rings (SSSR count). The molecular weight excluding hydrogens is 136 g/mol. The largest absolute Gasteiger partial charge is 0.398 e. The van der Waals surface area contributed by atoms with Crippen molar-refractivity contribution in [2.75, 3.05) is 12.3 Å². The van der Waals surface area contributed by atoms with E-state index in [1.807, 2.05) is 12.1 Å². The Balaban J connectivity index is 2.49. The second-order valence-electron chi connectivity index (χ2n) is 2.84. The standard InChI is InChI=1S/C9H11N2/c10-9-3-1-2-7-6-11-5-4-8(7)9/h1-3H,4-6,10H2. The highest BCUT2D eigenvalue weighted by Crippen LogP contribution is 2.20. The molecule has 2 heteroatoms. The molecule has 11 heavy (non-hydrogen) atoms. The predicted octanol–water partition coefficient (Wildman–Crippen LogP) is 0.929. The van der Waals surface area contributed by atoms with E-state index in [0.717, 1.165) is 25.2 Å². The maximum atomic E-state index is 5.80. The zero-order chi connectivity index (χ0) is 7.68. The zero-order valence-corrected chi connectivity index (χ0v) is 6.38. The van der Waals surface area contributed by atoms with Gasteiger partial charge in [-0.15, -0.1) is 0 Å². The second-order valence-corrected chi connectivity index (χ2v) is 2.84. The number of hydrogen-bond acceptors (Lipinski definition) is 1. The Kier molecular flexibility index (Phi) is 1.55. The molecule has 0 aromatic heterocycles. The van der Waals surface area contributed by atoms with Crippen LogP contribution in [0.15, 0.2) is 18.2 Å². The maximum Gasteiger partial charge on any atom is 0.0387 e. The van der Waals surface area contributed by atoms with Crippen LogP contribution in [-0.2, 0) is 13.0 Å². The Labute approximate surface area is 66.4 Å². The van der Waals surface area contributed by atoms with Gasteiger partial charge in [0, 0.05) is 18.8 Å². The molecule has 57 valence electrons. The monoisotopic (exact) mass is 147 g/mol. The molecule has 2 N–H and O–H groups in total. The van der Waals surface area contributed by atoms with Crippen LogP contribution in [0, 0.1) is 0 Å². The minimum Gasteiger partial charge on any atom is -0.398 e. The summed E-state index contributed by atoms with van der Waals surface area (Å²) in [6.45, 7) is 1.78. The van der Waals surface area contributed by atoms with Crippen LogP contribution in [0.2, 0.25) is 0 Å². The van der Waals surface area contributed by atoms with Crippen molar-refractivity contribution in [1.82, 2.24) is 5.32 Å². The van der Waals surface area contributed by atoms with E-state index in [9.17, 15) is 0 Å². The van der Waals surface area contributed by atoms with Gasteiger partial charge in [0.25, 0.3) is 0 Å². The van der Waals surface area contributed by atoms with Crippen LogP contribution in [0.25, 0.3) is 0 Å². The number of nitrogens with two attached hydrogens (primary N) is 1. The van der Waals surface area contributed by atoms with E-state index < -0.39 is 0 Å². The van der Waals surface area contributed by atoms with Crippen molar-refractivity contribution in [2.45, 2.75) is 13.0 Å². The van der Waals surface area contributed by atoms with Crippen molar-refractivity contribution < 1.29 is 0 Å². The van der Waals surface area contributed by atoms with E-state index >= 15 is 0 Å². The molecule has 1 heterocycles. The molecular formula is C9H11N2. The fourth-order valence-corrected chi connectivity index (χ4v) is 1.50. The smallest absolute Gasteiger partial charge is 0.0387 e. The minimum absolute atomic E-state index is 0.848. The van der Waals surface area contributed by atoms with Crippen molar-refractivity contribution in [1.29, 1.82) is 0 Å². The maximum absolute atomic E-state index is 5.80.